The molecule has 0 amide bonds. The van der Waals surface area contributed by atoms with Gasteiger partial charge in [0.05, 0.1) is 12.8 Å². The Balaban J connectivity index is 0.00000192. The summed E-state index contributed by atoms with van der Waals surface area (Å²) in [5, 5.41) is 3.49. The van der Waals surface area contributed by atoms with Crippen LogP contribution in [0.2, 0.25) is 0 Å². The van der Waals surface area contributed by atoms with E-state index in [0.29, 0.717) is 0 Å². The summed E-state index contributed by atoms with van der Waals surface area (Å²) in [6.45, 7) is 3.76. The topological polar surface area (TPSA) is 40.8 Å². The molecule has 2 aromatic rings. The number of hydrogen-bond acceptors (Lipinski definition) is 2. The van der Waals surface area contributed by atoms with Crippen LogP contribution in [0.5, 0.6) is 0 Å². The minimum absolute atomic E-state index is 0. The number of guanidine groups is 1. The van der Waals surface area contributed by atoms with Gasteiger partial charge in [0.15, 0.2) is 5.96 Å². The average Bonchev–Trinajstić information content (AvgIpc) is 3.25. The Morgan fingerprint density at radius 2 is 1.87 bits per heavy atom. The lowest BCUT2D eigenvalue weighted by molar-refractivity contribution is 0.480. The second-order valence-electron chi connectivity index (χ2n) is 5.58. The van der Waals surface area contributed by atoms with Gasteiger partial charge in [0.2, 0.25) is 0 Å². The summed E-state index contributed by atoms with van der Waals surface area (Å²) < 4.78 is 5.38. The molecule has 1 fully saturated rings. The van der Waals surface area contributed by atoms with Gasteiger partial charge >= 0.3 is 0 Å². The number of likely N-dealkylation sites (tertiary alicyclic amines) is 1. The van der Waals surface area contributed by atoms with Crippen LogP contribution in [0.3, 0.4) is 0 Å². The van der Waals surface area contributed by atoms with Crippen LogP contribution in [-0.4, -0.2) is 30.5 Å². The summed E-state index contributed by atoms with van der Waals surface area (Å²) in [5.41, 5.74) is 1.24. The molecule has 1 aromatic heterocycles. The van der Waals surface area contributed by atoms with Crippen molar-refractivity contribution in [1.82, 2.24) is 10.2 Å². The highest BCUT2D eigenvalue weighted by atomic mass is 127. The fraction of sp³-hybridized carbons (Fsp3) is 0.389. The van der Waals surface area contributed by atoms with Crippen molar-refractivity contribution in [3.63, 3.8) is 0 Å². The van der Waals surface area contributed by atoms with Gasteiger partial charge in [-0.2, -0.15) is 0 Å². The molecule has 3 rings (SSSR count). The number of benzene rings is 1. The van der Waals surface area contributed by atoms with Gasteiger partial charge in [0, 0.05) is 26.1 Å². The van der Waals surface area contributed by atoms with Crippen LogP contribution in [0, 0.1) is 0 Å². The summed E-state index contributed by atoms with van der Waals surface area (Å²) in [5.74, 6) is 2.03. The Kier molecular flexibility index (Phi) is 7.45. The second-order valence-corrected chi connectivity index (χ2v) is 5.58. The first-order chi connectivity index (χ1) is 10.9. The molecule has 1 saturated heterocycles. The number of hydrogen-bond donors (Lipinski definition) is 1. The Bertz CT molecular complexity index is 578. The van der Waals surface area contributed by atoms with Crippen LogP contribution in [0.4, 0.5) is 0 Å². The van der Waals surface area contributed by atoms with Crippen LogP contribution in [0.1, 0.15) is 24.2 Å². The van der Waals surface area contributed by atoms with Gasteiger partial charge in [-0.15, -0.1) is 24.0 Å². The molecule has 0 atom stereocenters. The van der Waals surface area contributed by atoms with Crippen molar-refractivity contribution in [3.05, 3.63) is 60.1 Å². The number of halogens is 1. The number of nitrogens with zero attached hydrogens (tertiary/aromatic N) is 2. The molecular formula is C18H24IN3O. The van der Waals surface area contributed by atoms with Crippen molar-refractivity contribution in [2.45, 2.75) is 25.8 Å². The number of nitrogens with one attached hydrogen (secondary N) is 1. The maximum Gasteiger partial charge on any atom is 0.194 e. The lowest BCUT2D eigenvalue weighted by atomic mass is 10.2. The third kappa shape index (κ3) is 5.57. The molecule has 0 radical (unpaired) electrons. The zero-order valence-corrected chi connectivity index (χ0v) is 15.6. The average molecular weight is 425 g/mol. The van der Waals surface area contributed by atoms with Gasteiger partial charge in [0.25, 0.3) is 0 Å². The molecular weight excluding hydrogens is 401 g/mol. The van der Waals surface area contributed by atoms with E-state index >= 15 is 0 Å². The van der Waals surface area contributed by atoms with Crippen molar-refractivity contribution < 1.29 is 4.42 Å². The quantitative estimate of drug-likeness (QED) is 0.452. The molecule has 0 aliphatic carbocycles. The first kappa shape index (κ1) is 17.8. The van der Waals surface area contributed by atoms with Crippen LogP contribution < -0.4 is 5.32 Å². The highest BCUT2D eigenvalue weighted by Crippen LogP contribution is 2.09. The Labute approximate surface area is 155 Å². The van der Waals surface area contributed by atoms with E-state index in [1.165, 1.54) is 18.4 Å². The van der Waals surface area contributed by atoms with Crippen molar-refractivity contribution in [3.8, 4) is 0 Å². The number of aliphatic imine (C=N–C) groups is 1. The molecule has 124 valence electrons. The van der Waals surface area contributed by atoms with Gasteiger partial charge in [-0.1, -0.05) is 30.3 Å². The summed E-state index contributed by atoms with van der Waals surface area (Å²) >= 11 is 0. The lowest BCUT2D eigenvalue weighted by Crippen LogP contribution is -2.40. The number of furan rings is 1. The van der Waals surface area contributed by atoms with E-state index in [1.807, 2.05) is 18.2 Å². The predicted octanol–water partition coefficient (Wildman–Crippen LogP) is 3.68. The van der Waals surface area contributed by atoms with Crippen molar-refractivity contribution >= 4 is 29.9 Å². The standard InChI is InChI=1S/C18H23N3O.HI/c1-2-7-16(8-3-1)15-20-18(21-12-4-5-13-21)19-11-10-17-9-6-14-22-17;/h1-3,6-9,14H,4-5,10-13,15H2,(H,19,20);1H. The maximum atomic E-state index is 5.38. The SMILES string of the molecule is I.c1ccc(CN=C(NCCc2ccco2)N2CCCC2)cc1. The fourth-order valence-corrected chi connectivity index (χ4v) is 2.70. The van der Waals surface area contributed by atoms with E-state index in [2.05, 4.69) is 34.5 Å². The van der Waals surface area contributed by atoms with E-state index in [9.17, 15) is 0 Å². The minimum atomic E-state index is 0. The molecule has 1 aromatic carbocycles. The lowest BCUT2D eigenvalue weighted by Gasteiger charge is -2.21. The number of rotatable bonds is 5. The van der Waals surface area contributed by atoms with Crippen LogP contribution in [-0.2, 0) is 13.0 Å². The van der Waals surface area contributed by atoms with E-state index in [4.69, 9.17) is 9.41 Å². The molecule has 1 aliphatic heterocycles. The highest BCUT2D eigenvalue weighted by molar-refractivity contribution is 14.0. The van der Waals surface area contributed by atoms with Gasteiger partial charge in [-0.05, 0) is 30.5 Å². The van der Waals surface area contributed by atoms with Crippen LogP contribution in [0.25, 0.3) is 0 Å². The molecule has 2 heterocycles. The van der Waals surface area contributed by atoms with E-state index in [0.717, 1.165) is 44.3 Å². The zero-order chi connectivity index (χ0) is 15.0. The third-order valence-electron chi connectivity index (χ3n) is 3.89. The summed E-state index contributed by atoms with van der Waals surface area (Å²) in [4.78, 5) is 7.15. The second kappa shape index (κ2) is 9.60. The zero-order valence-electron chi connectivity index (χ0n) is 13.3. The Morgan fingerprint density at radius 3 is 2.57 bits per heavy atom. The smallest absolute Gasteiger partial charge is 0.194 e. The molecule has 0 unspecified atom stereocenters. The van der Waals surface area contributed by atoms with Gasteiger partial charge < -0.3 is 14.6 Å². The van der Waals surface area contributed by atoms with Crippen LogP contribution in [0.15, 0.2) is 58.1 Å². The molecule has 5 heteroatoms. The Hall–Kier alpha value is -1.50. The van der Waals surface area contributed by atoms with Crippen LogP contribution >= 0.6 is 24.0 Å². The van der Waals surface area contributed by atoms with E-state index in [-0.39, 0.29) is 24.0 Å². The third-order valence-corrected chi connectivity index (χ3v) is 3.89. The maximum absolute atomic E-state index is 5.38. The van der Waals surface area contributed by atoms with E-state index < -0.39 is 0 Å². The monoisotopic (exact) mass is 425 g/mol. The Morgan fingerprint density at radius 1 is 1.09 bits per heavy atom. The molecule has 1 N–H and O–H groups in total. The fourth-order valence-electron chi connectivity index (χ4n) is 2.70. The van der Waals surface area contributed by atoms with E-state index in [1.54, 1.807) is 6.26 Å². The van der Waals surface area contributed by atoms with Gasteiger partial charge in [-0.25, -0.2) is 4.99 Å². The van der Waals surface area contributed by atoms with Gasteiger partial charge in [0.1, 0.15) is 5.76 Å². The molecule has 0 bridgehead atoms. The molecule has 1 aliphatic rings. The minimum Gasteiger partial charge on any atom is -0.469 e. The normalized spacial score (nSPS) is 14.6. The predicted molar refractivity (Wildman–Crippen MR) is 104 cm³/mol. The van der Waals surface area contributed by atoms with Gasteiger partial charge in [-0.3, -0.25) is 0 Å². The molecule has 0 saturated carbocycles. The first-order valence-electron chi connectivity index (χ1n) is 8.01. The summed E-state index contributed by atoms with van der Waals surface area (Å²) in [6.07, 6.45) is 5.11. The van der Waals surface area contributed by atoms with Crippen molar-refractivity contribution in [2.75, 3.05) is 19.6 Å². The first-order valence-corrected chi connectivity index (χ1v) is 8.01. The molecule has 23 heavy (non-hydrogen) atoms. The van der Waals surface area contributed by atoms with Crippen molar-refractivity contribution in [2.24, 2.45) is 4.99 Å². The summed E-state index contributed by atoms with van der Waals surface area (Å²) in [6, 6.07) is 14.3. The largest absolute Gasteiger partial charge is 0.469 e. The van der Waals surface area contributed by atoms with Crippen molar-refractivity contribution in [1.29, 1.82) is 0 Å². The molecule has 4 nitrogen and oxygen atoms in total. The summed E-state index contributed by atoms with van der Waals surface area (Å²) in [7, 11) is 0. The highest BCUT2D eigenvalue weighted by Gasteiger charge is 2.15. The molecule has 0 spiro atoms.